The predicted octanol–water partition coefficient (Wildman–Crippen LogP) is 3.81. The van der Waals surface area contributed by atoms with Crippen LogP contribution in [0, 0.1) is 17.2 Å². The van der Waals surface area contributed by atoms with Gasteiger partial charge in [0.05, 0.1) is 11.6 Å². The summed E-state index contributed by atoms with van der Waals surface area (Å²) in [5.41, 5.74) is 1.15. The summed E-state index contributed by atoms with van der Waals surface area (Å²) in [4.78, 5) is 12.7. The van der Waals surface area contributed by atoms with Crippen LogP contribution in [0.3, 0.4) is 0 Å². The molecule has 19 heavy (non-hydrogen) atoms. The molecule has 3 rings (SSSR count). The summed E-state index contributed by atoms with van der Waals surface area (Å²) in [7, 11) is 0. The van der Waals surface area contributed by atoms with Gasteiger partial charge in [-0.2, -0.15) is 17.0 Å². The second-order valence-corrected chi connectivity index (χ2v) is 7.11. The third kappa shape index (κ3) is 2.55. The molecule has 2 heterocycles. The van der Waals surface area contributed by atoms with Gasteiger partial charge in [0.2, 0.25) is 0 Å². The summed E-state index contributed by atoms with van der Waals surface area (Å²) in [5.74, 6) is 0.320. The molecule has 0 N–H and O–H groups in total. The number of fused-ring (bicyclic) bond motifs is 2. The zero-order valence-corrected chi connectivity index (χ0v) is 11.7. The van der Waals surface area contributed by atoms with Crippen LogP contribution in [0.5, 0.6) is 0 Å². The van der Waals surface area contributed by atoms with Crippen molar-refractivity contribution in [1.29, 1.82) is 5.26 Å². The molecule has 0 amide bonds. The minimum absolute atomic E-state index is 0.131. The first-order valence-corrected chi connectivity index (χ1v) is 7.91. The second-order valence-electron chi connectivity index (χ2n) is 5.50. The average molecular weight is 271 g/mol. The second kappa shape index (κ2) is 5.38. The molecule has 2 saturated heterocycles. The van der Waals surface area contributed by atoms with Crippen molar-refractivity contribution < 1.29 is 4.79 Å². The number of carbonyl (C=O) groups is 1. The lowest BCUT2D eigenvalue weighted by Crippen LogP contribution is -2.33. The molecule has 2 aliphatic heterocycles. The normalized spacial score (nSPS) is 29.5. The molecule has 98 valence electrons. The van der Waals surface area contributed by atoms with E-state index in [2.05, 4.69) is 17.8 Å². The SMILES string of the molecule is N#Cc1ccccc1C(=O)C1CC2CCCC(C1)S2. The lowest BCUT2D eigenvalue weighted by Gasteiger charge is -2.38. The molecule has 2 bridgehead atoms. The Morgan fingerprint density at radius 3 is 2.58 bits per heavy atom. The topological polar surface area (TPSA) is 40.9 Å². The van der Waals surface area contributed by atoms with Crippen LogP contribution in [0.4, 0.5) is 0 Å². The van der Waals surface area contributed by atoms with E-state index in [1.54, 1.807) is 12.1 Å². The molecule has 0 spiro atoms. The zero-order chi connectivity index (χ0) is 13.2. The Morgan fingerprint density at radius 1 is 1.21 bits per heavy atom. The monoisotopic (exact) mass is 271 g/mol. The number of Topliss-reactive ketones (excluding diaryl/α,β-unsaturated/α-hetero) is 1. The van der Waals surface area contributed by atoms with Crippen molar-refractivity contribution in [1.82, 2.24) is 0 Å². The van der Waals surface area contributed by atoms with Crippen LogP contribution in [-0.4, -0.2) is 16.3 Å². The van der Waals surface area contributed by atoms with Crippen LogP contribution in [-0.2, 0) is 0 Å². The van der Waals surface area contributed by atoms with Gasteiger partial charge < -0.3 is 0 Å². The molecule has 0 saturated carbocycles. The first-order chi connectivity index (χ1) is 9.28. The minimum Gasteiger partial charge on any atom is -0.294 e. The van der Waals surface area contributed by atoms with Crippen molar-refractivity contribution in [3.05, 3.63) is 35.4 Å². The van der Waals surface area contributed by atoms with Gasteiger partial charge in [-0.3, -0.25) is 4.79 Å². The molecule has 2 aliphatic rings. The molecule has 1 aromatic rings. The summed E-state index contributed by atoms with van der Waals surface area (Å²) in [5, 5.41) is 10.4. The molecule has 2 nitrogen and oxygen atoms in total. The Bertz CT molecular complexity index is 522. The highest BCUT2D eigenvalue weighted by atomic mass is 32.2. The van der Waals surface area contributed by atoms with Crippen LogP contribution in [0.1, 0.15) is 48.0 Å². The first kappa shape index (κ1) is 12.7. The number of carbonyl (C=O) groups excluding carboxylic acids is 1. The Labute approximate surface area is 118 Å². The average Bonchev–Trinajstić information content (AvgIpc) is 2.46. The largest absolute Gasteiger partial charge is 0.294 e. The lowest BCUT2D eigenvalue weighted by atomic mass is 9.83. The number of ketones is 1. The van der Waals surface area contributed by atoms with Crippen LogP contribution in [0.2, 0.25) is 0 Å². The van der Waals surface area contributed by atoms with E-state index in [1.165, 1.54) is 19.3 Å². The van der Waals surface area contributed by atoms with E-state index >= 15 is 0 Å². The Morgan fingerprint density at radius 2 is 1.89 bits per heavy atom. The standard InChI is InChI=1S/C16H17NOS/c17-10-11-4-1-2-7-15(11)16(18)12-8-13-5-3-6-14(9-12)19-13/h1-2,4,7,12-14H,3,5-6,8-9H2. The quantitative estimate of drug-likeness (QED) is 0.768. The van der Waals surface area contributed by atoms with E-state index in [-0.39, 0.29) is 11.7 Å². The Kier molecular flexibility index (Phi) is 3.61. The number of hydrogen-bond donors (Lipinski definition) is 0. The highest BCUT2D eigenvalue weighted by molar-refractivity contribution is 8.00. The summed E-state index contributed by atoms with van der Waals surface area (Å²) in [6.45, 7) is 0. The van der Waals surface area contributed by atoms with E-state index in [0.29, 0.717) is 21.6 Å². The highest BCUT2D eigenvalue weighted by Crippen LogP contribution is 2.44. The van der Waals surface area contributed by atoms with Crippen LogP contribution in [0.15, 0.2) is 24.3 Å². The van der Waals surface area contributed by atoms with Crippen LogP contribution >= 0.6 is 11.8 Å². The number of nitrogens with zero attached hydrogens (tertiary/aromatic N) is 1. The molecule has 0 aromatic heterocycles. The van der Waals surface area contributed by atoms with E-state index in [4.69, 9.17) is 5.26 Å². The molecule has 2 fully saturated rings. The van der Waals surface area contributed by atoms with Gasteiger partial charge in [0.25, 0.3) is 0 Å². The molecule has 2 unspecified atom stereocenters. The van der Waals surface area contributed by atoms with Gasteiger partial charge in [-0.25, -0.2) is 0 Å². The minimum atomic E-state index is 0.131. The number of benzene rings is 1. The fraction of sp³-hybridized carbons (Fsp3) is 0.500. The summed E-state index contributed by atoms with van der Waals surface area (Å²) in [6, 6.07) is 9.36. The molecule has 3 heteroatoms. The van der Waals surface area contributed by atoms with Gasteiger partial charge >= 0.3 is 0 Å². The lowest BCUT2D eigenvalue weighted by molar-refractivity contribution is 0.0896. The van der Waals surface area contributed by atoms with E-state index in [0.717, 1.165) is 12.8 Å². The van der Waals surface area contributed by atoms with Crippen molar-refractivity contribution >= 4 is 17.5 Å². The zero-order valence-electron chi connectivity index (χ0n) is 10.8. The van der Waals surface area contributed by atoms with Crippen molar-refractivity contribution in [3.63, 3.8) is 0 Å². The molecule has 2 atom stereocenters. The molecular formula is C16H17NOS. The Balaban J connectivity index is 1.82. The highest BCUT2D eigenvalue weighted by Gasteiger charge is 2.36. The van der Waals surface area contributed by atoms with Crippen molar-refractivity contribution in [2.24, 2.45) is 5.92 Å². The molecule has 0 radical (unpaired) electrons. The summed E-state index contributed by atoms with van der Waals surface area (Å²) < 4.78 is 0. The maximum atomic E-state index is 12.7. The van der Waals surface area contributed by atoms with Crippen LogP contribution in [0.25, 0.3) is 0 Å². The van der Waals surface area contributed by atoms with Gasteiger partial charge in [0, 0.05) is 22.0 Å². The maximum Gasteiger partial charge on any atom is 0.167 e. The third-order valence-electron chi connectivity index (χ3n) is 4.22. The predicted molar refractivity (Wildman–Crippen MR) is 77.2 cm³/mol. The first-order valence-electron chi connectivity index (χ1n) is 6.96. The Hall–Kier alpha value is -1.27. The maximum absolute atomic E-state index is 12.7. The summed E-state index contributed by atoms with van der Waals surface area (Å²) in [6.07, 6.45) is 5.83. The van der Waals surface area contributed by atoms with Gasteiger partial charge in [-0.15, -0.1) is 0 Å². The number of thioether (sulfide) groups is 1. The molecule has 0 aliphatic carbocycles. The third-order valence-corrected chi connectivity index (χ3v) is 5.84. The van der Waals surface area contributed by atoms with Gasteiger partial charge in [0.1, 0.15) is 0 Å². The van der Waals surface area contributed by atoms with Crippen LogP contribution < -0.4 is 0 Å². The number of hydrogen-bond acceptors (Lipinski definition) is 3. The smallest absolute Gasteiger partial charge is 0.167 e. The molecule has 1 aromatic carbocycles. The van der Waals surface area contributed by atoms with Crippen molar-refractivity contribution in [3.8, 4) is 6.07 Å². The fourth-order valence-electron chi connectivity index (χ4n) is 3.29. The van der Waals surface area contributed by atoms with E-state index < -0.39 is 0 Å². The van der Waals surface area contributed by atoms with Gasteiger partial charge in [-0.05, 0) is 31.7 Å². The van der Waals surface area contributed by atoms with E-state index in [1.807, 2.05) is 12.1 Å². The van der Waals surface area contributed by atoms with Gasteiger partial charge in [-0.1, -0.05) is 24.6 Å². The van der Waals surface area contributed by atoms with Gasteiger partial charge in [0.15, 0.2) is 5.78 Å². The summed E-state index contributed by atoms with van der Waals surface area (Å²) >= 11 is 2.08. The van der Waals surface area contributed by atoms with Crippen molar-refractivity contribution in [2.45, 2.75) is 42.6 Å². The number of nitriles is 1. The fourth-order valence-corrected chi connectivity index (χ4v) is 5.13. The van der Waals surface area contributed by atoms with Crippen molar-refractivity contribution in [2.75, 3.05) is 0 Å². The number of rotatable bonds is 2. The van der Waals surface area contributed by atoms with E-state index in [9.17, 15) is 4.79 Å². The molecular weight excluding hydrogens is 254 g/mol.